The number of nitrogens with zero attached hydrogens (tertiary/aromatic N) is 1. The zero-order valence-electron chi connectivity index (χ0n) is 16.5. The Balaban J connectivity index is 1.40. The minimum absolute atomic E-state index is 0.00721. The third-order valence-corrected chi connectivity index (χ3v) is 6.74. The Labute approximate surface area is 176 Å². The molecule has 1 fully saturated rings. The maximum absolute atomic E-state index is 12.5. The van der Waals surface area contributed by atoms with Crippen LogP contribution in [0.15, 0.2) is 66.2 Å². The molecule has 4 rings (SSSR count). The highest BCUT2D eigenvalue weighted by Crippen LogP contribution is 2.39. The number of hydrogen-bond donors (Lipinski definition) is 1. The average Bonchev–Trinajstić information content (AvgIpc) is 3.14. The molecular formula is C24H26N2O2S. The largest absolute Gasteiger partial charge is 0.348 e. The lowest BCUT2D eigenvalue weighted by molar-refractivity contribution is -0.128. The molecular weight excluding hydrogens is 380 g/mol. The van der Waals surface area contributed by atoms with E-state index in [0.29, 0.717) is 24.4 Å². The molecule has 1 aliphatic carbocycles. The van der Waals surface area contributed by atoms with Gasteiger partial charge < -0.3 is 10.2 Å². The van der Waals surface area contributed by atoms with E-state index in [2.05, 4.69) is 11.4 Å². The summed E-state index contributed by atoms with van der Waals surface area (Å²) in [5.74, 6) is 0.611. The van der Waals surface area contributed by atoms with Crippen molar-refractivity contribution in [2.75, 3.05) is 12.3 Å². The Bertz CT molecular complexity index is 893. The molecule has 0 aromatic heterocycles. The minimum Gasteiger partial charge on any atom is -0.348 e. The number of thioether (sulfide) groups is 1. The van der Waals surface area contributed by atoms with Crippen LogP contribution in [0.3, 0.4) is 0 Å². The van der Waals surface area contributed by atoms with Crippen LogP contribution in [0.4, 0.5) is 0 Å². The molecule has 2 aromatic carbocycles. The molecule has 0 radical (unpaired) electrons. The van der Waals surface area contributed by atoms with Gasteiger partial charge in [0.05, 0.1) is 5.75 Å². The molecule has 1 saturated heterocycles. The molecule has 2 aromatic rings. The van der Waals surface area contributed by atoms with Crippen molar-refractivity contribution in [2.24, 2.45) is 0 Å². The highest BCUT2D eigenvalue weighted by molar-refractivity contribution is 8.00. The summed E-state index contributed by atoms with van der Waals surface area (Å²) < 4.78 is 0. The summed E-state index contributed by atoms with van der Waals surface area (Å²) in [6.07, 6.45) is 6.93. The standard InChI is InChI=1S/C24H26N2O2S/c27-22-17-29-24(26(22)16-19-9-5-2-6-10-19)21-13-11-20(12-14-21)23(28)25-15-18-7-3-1-4-8-18/h2,5-7,9-14,24H,1,3-4,8,15-17H2,(H,25,28)/t24-/m0/s1. The lowest BCUT2D eigenvalue weighted by Gasteiger charge is -2.24. The van der Waals surface area contributed by atoms with Gasteiger partial charge in [-0.1, -0.05) is 54.1 Å². The van der Waals surface area contributed by atoms with E-state index < -0.39 is 0 Å². The van der Waals surface area contributed by atoms with Gasteiger partial charge in [-0.15, -0.1) is 11.8 Å². The van der Waals surface area contributed by atoms with Gasteiger partial charge in [-0.2, -0.15) is 0 Å². The van der Waals surface area contributed by atoms with E-state index in [0.717, 1.165) is 24.0 Å². The van der Waals surface area contributed by atoms with Gasteiger partial charge in [0, 0.05) is 18.7 Å². The maximum Gasteiger partial charge on any atom is 0.251 e. The van der Waals surface area contributed by atoms with Crippen molar-refractivity contribution in [3.8, 4) is 0 Å². The molecule has 2 amide bonds. The van der Waals surface area contributed by atoms with Gasteiger partial charge in [-0.25, -0.2) is 0 Å². The first kappa shape index (κ1) is 19.8. The fourth-order valence-corrected chi connectivity index (χ4v) is 5.03. The van der Waals surface area contributed by atoms with Crippen LogP contribution in [-0.2, 0) is 11.3 Å². The van der Waals surface area contributed by atoms with Gasteiger partial charge in [0.1, 0.15) is 5.37 Å². The maximum atomic E-state index is 12.5. The predicted molar refractivity (Wildman–Crippen MR) is 118 cm³/mol. The number of benzene rings is 2. The average molecular weight is 407 g/mol. The molecule has 0 bridgehead atoms. The quantitative estimate of drug-likeness (QED) is 0.708. The van der Waals surface area contributed by atoms with E-state index in [4.69, 9.17) is 0 Å². The molecule has 2 aliphatic rings. The van der Waals surface area contributed by atoms with Gasteiger partial charge >= 0.3 is 0 Å². The number of amides is 2. The zero-order chi connectivity index (χ0) is 20.1. The summed E-state index contributed by atoms with van der Waals surface area (Å²) in [5, 5.41) is 3.02. The normalized spacial score (nSPS) is 19.2. The second-order valence-electron chi connectivity index (χ2n) is 7.58. The Morgan fingerprint density at radius 1 is 1.07 bits per heavy atom. The lowest BCUT2D eigenvalue weighted by atomic mass is 9.99. The van der Waals surface area contributed by atoms with Crippen LogP contribution >= 0.6 is 11.8 Å². The van der Waals surface area contributed by atoms with E-state index in [1.165, 1.54) is 18.4 Å². The summed E-state index contributed by atoms with van der Waals surface area (Å²) in [6.45, 7) is 1.24. The molecule has 150 valence electrons. The summed E-state index contributed by atoms with van der Waals surface area (Å²) in [5.41, 5.74) is 4.18. The molecule has 4 nitrogen and oxygen atoms in total. The number of nitrogens with one attached hydrogen (secondary N) is 1. The summed E-state index contributed by atoms with van der Waals surface area (Å²) in [4.78, 5) is 26.8. The van der Waals surface area contributed by atoms with Crippen molar-refractivity contribution < 1.29 is 9.59 Å². The number of rotatable bonds is 6. The fraction of sp³-hybridized carbons (Fsp3) is 0.333. The van der Waals surface area contributed by atoms with Crippen molar-refractivity contribution >= 4 is 23.6 Å². The zero-order valence-corrected chi connectivity index (χ0v) is 17.3. The first-order valence-corrected chi connectivity index (χ1v) is 11.3. The Morgan fingerprint density at radius 3 is 2.59 bits per heavy atom. The Hall–Kier alpha value is -2.53. The molecule has 0 unspecified atom stereocenters. The van der Waals surface area contributed by atoms with Crippen LogP contribution in [-0.4, -0.2) is 29.0 Å². The Kier molecular flexibility index (Phi) is 6.35. The summed E-state index contributed by atoms with van der Waals surface area (Å²) in [6, 6.07) is 17.7. The first-order valence-electron chi connectivity index (χ1n) is 10.2. The van der Waals surface area contributed by atoms with E-state index in [9.17, 15) is 9.59 Å². The first-order chi connectivity index (χ1) is 14.2. The number of hydrogen-bond acceptors (Lipinski definition) is 3. The summed E-state index contributed by atoms with van der Waals surface area (Å²) >= 11 is 1.64. The van der Waals surface area contributed by atoms with Gasteiger partial charge in [-0.3, -0.25) is 9.59 Å². The topological polar surface area (TPSA) is 49.4 Å². The fourth-order valence-electron chi connectivity index (χ4n) is 3.84. The van der Waals surface area contributed by atoms with Crippen LogP contribution < -0.4 is 5.32 Å². The van der Waals surface area contributed by atoms with E-state index in [-0.39, 0.29) is 17.2 Å². The van der Waals surface area contributed by atoms with Crippen molar-refractivity contribution in [1.29, 1.82) is 0 Å². The summed E-state index contributed by atoms with van der Waals surface area (Å²) in [7, 11) is 0. The molecule has 5 heteroatoms. The van der Waals surface area contributed by atoms with Crippen LogP contribution in [0.1, 0.15) is 52.5 Å². The molecule has 1 atom stereocenters. The van der Waals surface area contributed by atoms with Crippen LogP contribution in [0.25, 0.3) is 0 Å². The van der Waals surface area contributed by atoms with Gasteiger partial charge in [-0.05, 0) is 48.9 Å². The van der Waals surface area contributed by atoms with Gasteiger partial charge in [0.25, 0.3) is 5.91 Å². The van der Waals surface area contributed by atoms with E-state index >= 15 is 0 Å². The highest BCUT2D eigenvalue weighted by Gasteiger charge is 2.32. The van der Waals surface area contributed by atoms with Crippen molar-refractivity contribution in [2.45, 2.75) is 37.6 Å². The highest BCUT2D eigenvalue weighted by atomic mass is 32.2. The SMILES string of the molecule is O=C(NCC1=CCCCC1)c1ccc([C@@H]2SCC(=O)N2Cc2ccccc2)cc1. The second kappa shape index (κ2) is 9.31. The lowest BCUT2D eigenvalue weighted by Crippen LogP contribution is -2.28. The predicted octanol–water partition coefficient (Wildman–Crippen LogP) is 4.69. The molecule has 0 spiro atoms. The number of allylic oxidation sites excluding steroid dienone is 1. The van der Waals surface area contributed by atoms with Crippen LogP contribution in [0.5, 0.6) is 0 Å². The monoisotopic (exact) mass is 406 g/mol. The van der Waals surface area contributed by atoms with E-state index in [1.807, 2.05) is 59.5 Å². The minimum atomic E-state index is -0.0423. The molecule has 29 heavy (non-hydrogen) atoms. The van der Waals surface area contributed by atoms with Crippen molar-refractivity contribution in [1.82, 2.24) is 10.2 Å². The molecule has 1 N–H and O–H groups in total. The molecule has 1 heterocycles. The van der Waals surface area contributed by atoms with Crippen molar-refractivity contribution in [3.63, 3.8) is 0 Å². The van der Waals surface area contributed by atoms with Crippen molar-refractivity contribution in [3.05, 3.63) is 82.9 Å². The Morgan fingerprint density at radius 2 is 1.86 bits per heavy atom. The molecule has 0 saturated carbocycles. The van der Waals surface area contributed by atoms with Crippen LogP contribution in [0.2, 0.25) is 0 Å². The third kappa shape index (κ3) is 4.91. The second-order valence-corrected chi connectivity index (χ2v) is 8.65. The van der Waals surface area contributed by atoms with Gasteiger partial charge in [0.15, 0.2) is 0 Å². The van der Waals surface area contributed by atoms with E-state index in [1.54, 1.807) is 11.8 Å². The number of carbonyl (C=O) groups is 2. The molecule has 1 aliphatic heterocycles. The van der Waals surface area contributed by atoms with Gasteiger partial charge in [0.2, 0.25) is 5.91 Å². The third-order valence-electron chi connectivity index (χ3n) is 5.48. The number of carbonyl (C=O) groups excluding carboxylic acids is 2. The van der Waals surface area contributed by atoms with Crippen LogP contribution in [0, 0.1) is 0 Å². The smallest absolute Gasteiger partial charge is 0.251 e.